The lowest BCUT2D eigenvalue weighted by Crippen LogP contribution is -2.31. The molecule has 2 heterocycles. The second kappa shape index (κ2) is 6.14. The third kappa shape index (κ3) is 3.53. The van der Waals surface area contributed by atoms with E-state index in [1.807, 2.05) is 13.8 Å². The molecule has 19 heavy (non-hydrogen) atoms. The number of aromatic amines is 1. The number of likely N-dealkylation sites (tertiary alicyclic amines) is 1. The Morgan fingerprint density at radius 2 is 2.37 bits per heavy atom. The van der Waals surface area contributed by atoms with Gasteiger partial charge in [0, 0.05) is 19.0 Å². The van der Waals surface area contributed by atoms with Gasteiger partial charge in [0.1, 0.15) is 5.82 Å². The van der Waals surface area contributed by atoms with Crippen molar-refractivity contribution in [2.45, 2.75) is 33.1 Å². The first-order chi connectivity index (χ1) is 9.10. The zero-order chi connectivity index (χ0) is 13.8. The van der Waals surface area contributed by atoms with E-state index in [2.05, 4.69) is 32.3 Å². The Kier molecular flexibility index (Phi) is 4.52. The SMILES string of the molecule is CCN1CCC(CNC(=O)c2n[nH]c(C(C)C)n2)C1. The maximum absolute atomic E-state index is 11.9. The summed E-state index contributed by atoms with van der Waals surface area (Å²) in [5, 5.41) is 9.68. The van der Waals surface area contributed by atoms with E-state index in [1.165, 1.54) is 0 Å². The summed E-state index contributed by atoms with van der Waals surface area (Å²) in [4.78, 5) is 18.5. The van der Waals surface area contributed by atoms with Crippen LogP contribution in [0.2, 0.25) is 0 Å². The van der Waals surface area contributed by atoms with Gasteiger partial charge in [-0.2, -0.15) is 0 Å². The summed E-state index contributed by atoms with van der Waals surface area (Å²) >= 11 is 0. The van der Waals surface area contributed by atoms with E-state index >= 15 is 0 Å². The van der Waals surface area contributed by atoms with Crippen molar-refractivity contribution in [3.05, 3.63) is 11.6 Å². The van der Waals surface area contributed by atoms with Gasteiger partial charge in [-0.1, -0.05) is 20.8 Å². The van der Waals surface area contributed by atoms with Crippen LogP contribution in [0.4, 0.5) is 0 Å². The van der Waals surface area contributed by atoms with Gasteiger partial charge in [0.15, 0.2) is 0 Å². The summed E-state index contributed by atoms with van der Waals surface area (Å²) in [6.45, 7) is 10.2. The number of nitrogens with one attached hydrogen (secondary N) is 2. The number of carbonyl (C=O) groups excluding carboxylic acids is 1. The minimum atomic E-state index is -0.182. The van der Waals surface area contributed by atoms with Crippen molar-refractivity contribution in [2.24, 2.45) is 5.92 Å². The maximum atomic E-state index is 11.9. The van der Waals surface area contributed by atoms with Crippen LogP contribution in [0.15, 0.2) is 0 Å². The van der Waals surface area contributed by atoms with Crippen LogP contribution in [0.1, 0.15) is 49.6 Å². The van der Waals surface area contributed by atoms with Gasteiger partial charge in [-0.25, -0.2) is 4.98 Å². The molecule has 1 fully saturated rings. The molecule has 1 atom stereocenters. The zero-order valence-corrected chi connectivity index (χ0v) is 11.9. The number of H-pyrrole nitrogens is 1. The summed E-state index contributed by atoms with van der Waals surface area (Å²) in [6, 6.07) is 0. The molecule has 6 heteroatoms. The Balaban J connectivity index is 1.81. The van der Waals surface area contributed by atoms with E-state index in [9.17, 15) is 4.79 Å². The molecule has 2 rings (SSSR count). The van der Waals surface area contributed by atoms with Crippen molar-refractivity contribution >= 4 is 5.91 Å². The Hall–Kier alpha value is -1.43. The van der Waals surface area contributed by atoms with E-state index < -0.39 is 0 Å². The highest BCUT2D eigenvalue weighted by atomic mass is 16.2. The zero-order valence-electron chi connectivity index (χ0n) is 11.9. The summed E-state index contributed by atoms with van der Waals surface area (Å²) in [5.41, 5.74) is 0. The fraction of sp³-hybridized carbons (Fsp3) is 0.769. The number of aromatic nitrogens is 3. The van der Waals surface area contributed by atoms with E-state index in [1.54, 1.807) is 0 Å². The highest BCUT2D eigenvalue weighted by Gasteiger charge is 2.22. The van der Waals surface area contributed by atoms with Crippen molar-refractivity contribution in [1.82, 2.24) is 25.4 Å². The average Bonchev–Trinajstić information content (AvgIpc) is 3.04. The summed E-state index contributed by atoms with van der Waals surface area (Å²) in [7, 11) is 0. The summed E-state index contributed by atoms with van der Waals surface area (Å²) in [6.07, 6.45) is 1.15. The quantitative estimate of drug-likeness (QED) is 0.833. The van der Waals surface area contributed by atoms with E-state index in [-0.39, 0.29) is 17.6 Å². The third-order valence-corrected chi connectivity index (χ3v) is 3.62. The molecule has 0 aromatic carbocycles. The van der Waals surface area contributed by atoms with Crippen LogP contribution in [0.25, 0.3) is 0 Å². The van der Waals surface area contributed by atoms with Crippen molar-refractivity contribution in [3.63, 3.8) is 0 Å². The minimum absolute atomic E-state index is 0.182. The molecule has 0 saturated carbocycles. The number of hydrogen-bond donors (Lipinski definition) is 2. The lowest BCUT2D eigenvalue weighted by Gasteiger charge is -2.13. The monoisotopic (exact) mass is 265 g/mol. The van der Waals surface area contributed by atoms with E-state index in [0.717, 1.165) is 31.9 Å². The van der Waals surface area contributed by atoms with Crippen LogP contribution in [-0.2, 0) is 0 Å². The van der Waals surface area contributed by atoms with Crippen LogP contribution < -0.4 is 5.32 Å². The lowest BCUT2D eigenvalue weighted by atomic mass is 10.1. The molecule has 2 N–H and O–H groups in total. The second-order valence-electron chi connectivity index (χ2n) is 5.46. The number of amides is 1. The van der Waals surface area contributed by atoms with Crippen LogP contribution in [0, 0.1) is 5.92 Å². The molecule has 1 saturated heterocycles. The first-order valence-corrected chi connectivity index (χ1v) is 7.03. The van der Waals surface area contributed by atoms with Gasteiger partial charge in [0.2, 0.25) is 5.82 Å². The van der Waals surface area contributed by atoms with Gasteiger partial charge in [0.25, 0.3) is 5.91 Å². The van der Waals surface area contributed by atoms with Crippen molar-refractivity contribution in [1.29, 1.82) is 0 Å². The molecular formula is C13H23N5O. The highest BCUT2D eigenvalue weighted by Crippen LogP contribution is 2.14. The van der Waals surface area contributed by atoms with Crippen molar-refractivity contribution in [2.75, 3.05) is 26.2 Å². The fourth-order valence-electron chi connectivity index (χ4n) is 2.32. The molecule has 6 nitrogen and oxygen atoms in total. The molecule has 1 aromatic heterocycles. The topological polar surface area (TPSA) is 73.9 Å². The molecule has 1 aliphatic heterocycles. The van der Waals surface area contributed by atoms with Gasteiger partial charge in [-0.15, -0.1) is 5.10 Å². The molecule has 1 aromatic rings. The minimum Gasteiger partial charge on any atom is -0.349 e. The lowest BCUT2D eigenvalue weighted by molar-refractivity contribution is 0.0937. The van der Waals surface area contributed by atoms with Gasteiger partial charge >= 0.3 is 0 Å². The Labute approximate surface area is 114 Å². The smallest absolute Gasteiger partial charge is 0.290 e. The molecule has 0 spiro atoms. The molecule has 0 radical (unpaired) electrons. The van der Waals surface area contributed by atoms with Crippen LogP contribution in [-0.4, -0.2) is 52.2 Å². The average molecular weight is 265 g/mol. The van der Waals surface area contributed by atoms with Gasteiger partial charge in [0.05, 0.1) is 0 Å². The largest absolute Gasteiger partial charge is 0.349 e. The van der Waals surface area contributed by atoms with E-state index in [4.69, 9.17) is 0 Å². The third-order valence-electron chi connectivity index (χ3n) is 3.62. The highest BCUT2D eigenvalue weighted by molar-refractivity contribution is 5.90. The Morgan fingerprint density at radius 3 is 2.95 bits per heavy atom. The number of hydrogen-bond acceptors (Lipinski definition) is 4. The van der Waals surface area contributed by atoms with Crippen LogP contribution in [0.5, 0.6) is 0 Å². The van der Waals surface area contributed by atoms with Crippen molar-refractivity contribution in [3.8, 4) is 0 Å². The summed E-state index contributed by atoms with van der Waals surface area (Å²) in [5.74, 6) is 1.62. The number of carbonyl (C=O) groups is 1. The Bertz CT molecular complexity index is 428. The number of nitrogens with zero attached hydrogens (tertiary/aromatic N) is 3. The standard InChI is InChI=1S/C13H23N5O/c1-4-18-6-5-10(8-18)7-14-13(19)12-15-11(9(2)3)16-17-12/h9-10H,4-8H2,1-3H3,(H,14,19)(H,15,16,17). The fourth-order valence-corrected chi connectivity index (χ4v) is 2.32. The van der Waals surface area contributed by atoms with Gasteiger partial charge < -0.3 is 10.2 Å². The molecule has 0 bridgehead atoms. The molecule has 1 amide bonds. The van der Waals surface area contributed by atoms with Crippen LogP contribution >= 0.6 is 0 Å². The first kappa shape index (κ1) is 14.0. The molecule has 0 aliphatic carbocycles. The van der Waals surface area contributed by atoms with Gasteiger partial charge in [-0.3, -0.25) is 9.89 Å². The maximum Gasteiger partial charge on any atom is 0.290 e. The molecule has 1 aliphatic rings. The van der Waals surface area contributed by atoms with Crippen LogP contribution in [0.3, 0.4) is 0 Å². The number of rotatable bonds is 5. The van der Waals surface area contributed by atoms with E-state index in [0.29, 0.717) is 12.5 Å². The van der Waals surface area contributed by atoms with Gasteiger partial charge in [-0.05, 0) is 25.4 Å². The molecule has 106 valence electrons. The predicted octanol–water partition coefficient (Wildman–Crippen LogP) is 1.000. The Morgan fingerprint density at radius 1 is 1.58 bits per heavy atom. The molecule has 1 unspecified atom stereocenters. The normalized spacial score (nSPS) is 20.1. The van der Waals surface area contributed by atoms with Crippen molar-refractivity contribution < 1.29 is 4.79 Å². The predicted molar refractivity (Wildman–Crippen MR) is 73.0 cm³/mol. The summed E-state index contributed by atoms with van der Waals surface area (Å²) < 4.78 is 0. The molecular weight excluding hydrogens is 242 g/mol. The second-order valence-corrected chi connectivity index (χ2v) is 5.46. The first-order valence-electron chi connectivity index (χ1n) is 7.03.